The minimum Gasteiger partial charge on any atom is -0.478 e. The minimum atomic E-state index is -1.26. The first-order valence-corrected chi connectivity index (χ1v) is 12.4. The monoisotopic (exact) mass is 501 g/mol. The Balaban J connectivity index is 0.000000349. The van der Waals surface area contributed by atoms with Gasteiger partial charge in [0.25, 0.3) is 5.91 Å². The van der Waals surface area contributed by atoms with Crippen LogP contribution in [0.2, 0.25) is 0 Å². The predicted octanol–water partition coefficient (Wildman–Crippen LogP) is 3.61. The standard InChI is InChI=1S/C25H27N3O.C4H4O4/c29-25-24-11-5-4-7-20(24)18-27(25)17-19-12-13-26-16-21(19)15-23-10-6-14-28(23)22-8-2-1-3-9-22;5-3(6)1-2-4(7)8/h1-11,14,19,21,26H,12-13,15-18H2;1-2H,(H,5,6)(H,7,8)/b;2-1+. The summed E-state index contributed by atoms with van der Waals surface area (Å²) in [5.41, 5.74) is 4.60. The molecule has 2 unspecified atom stereocenters. The maximum absolute atomic E-state index is 12.8. The van der Waals surface area contributed by atoms with E-state index in [-0.39, 0.29) is 5.91 Å². The molecule has 0 bridgehead atoms. The van der Waals surface area contributed by atoms with E-state index in [2.05, 4.69) is 69.5 Å². The quantitative estimate of drug-likeness (QED) is 0.427. The second-order valence-electron chi connectivity index (χ2n) is 9.27. The fourth-order valence-corrected chi connectivity index (χ4v) is 5.04. The molecule has 2 atom stereocenters. The van der Waals surface area contributed by atoms with Crippen molar-refractivity contribution in [2.24, 2.45) is 11.8 Å². The van der Waals surface area contributed by atoms with Crippen LogP contribution in [0.5, 0.6) is 0 Å². The van der Waals surface area contributed by atoms with Crippen LogP contribution in [0.25, 0.3) is 5.69 Å². The van der Waals surface area contributed by atoms with Crippen LogP contribution in [0, 0.1) is 11.8 Å². The van der Waals surface area contributed by atoms with Gasteiger partial charge in [0.05, 0.1) is 0 Å². The topological polar surface area (TPSA) is 112 Å². The number of piperidine rings is 1. The zero-order valence-corrected chi connectivity index (χ0v) is 20.5. The Morgan fingerprint density at radius 1 is 0.919 bits per heavy atom. The Morgan fingerprint density at radius 3 is 2.32 bits per heavy atom. The van der Waals surface area contributed by atoms with Crippen molar-refractivity contribution in [2.45, 2.75) is 19.4 Å². The molecule has 0 spiro atoms. The van der Waals surface area contributed by atoms with Gasteiger partial charge in [0, 0.05) is 48.4 Å². The number of carboxylic acids is 2. The highest BCUT2D eigenvalue weighted by atomic mass is 16.4. The van der Waals surface area contributed by atoms with Gasteiger partial charge in [-0.3, -0.25) is 4.79 Å². The van der Waals surface area contributed by atoms with Crippen LogP contribution in [0.4, 0.5) is 0 Å². The summed E-state index contributed by atoms with van der Waals surface area (Å²) in [7, 11) is 0. The number of carbonyl (C=O) groups is 3. The number of para-hydroxylation sites is 1. The van der Waals surface area contributed by atoms with Crippen LogP contribution in [0.15, 0.2) is 85.1 Å². The summed E-state index contributed by atoms with van der Waals surface area (Å²) in [5.74, 6) is -1.27. The molecule has 3 heterocycles. The summed E-state index contributed by atoms with van der Waals surface area (Å²) < 4.78 is 2.29. The zero-order chi connectivity index (χ0) is 26.2. The molecule has 2 aromatic carbocycles. The van der Waals surface area contributed by atoms with Crippen LogP contribution in [-0.4, -0.2) is 57.2 Å². The largest absolute Gasteiger partial charge is 0.478 e. The minimum absolute atomic E-state index is 0.200. The molecule has 1 aromatic heterocycles. The third-order valence-corrected chi connectivity index (χ3v) is 6.82. The lowest BCUT2D eigenvalue weighted by Gasteiger charge is -2.35. The molecular formula is C29H31N3O5. The SMILES string of the molecule is O=C(O)/C=C/C(=O)O.O=C1c2ccccc2CN1CC1CCNCC1Cc1cccn1-c1ccccc1. The van der Waals surface area contributed by atoms with Crippen LogP contribution < -0.4 is 5.32 Å². The average Bonchev–Trinajstić information content (AvgIpc) is 3.49. The third-order valence-electron chi connectivity index (χ3n) is 6.82. The molecule has 3 aromatic rings. The number of nitrogens with one attached hydrogen (secondary N) is 1. The summed E-state index contributed by atoms with van der Waals surface area (Å²) in [6.45, 7) is 3.66. The fourth-order valence-electron chi connectivity index (χ4n) is 5.04. The van der Waals surface area contributed by atoms with Gasteiger partial charge in [0.2, 0.25) is 0 Å². The lowest BCUT2D eigenvalue weighted by atomic mass is 9.83. The first-order chi connectivity index (χ1) is 17.9. The summed E-state index contributed by atoms with van der Waals surface area (Å²) in [4.78, 5) is 34.0. The lowest BCUT2D eigenvalue weighted by molar-refractivity contribution is -0.134. The number of carboxylic acid groups (broad SMARTS) is 2. The van der Waals surface area contributed by atoms with Gasteiger partial charge in [-0.1, -0.05) is 36.4 Å². The van der Waals surface area contributed by atoms with Crippen molar-refractivity contribution in [3.8, 4) is 5.69 Å². The van der Waals surface area contributed by atoms with E-state index in [4.69, 9.17) is 10.2 Å². The molecule has 5 rings (SSSR count). The number of aliphatic carboxylic acids is 2. The normalized spacial score (nSPS) is 18.8. The van der Waals surface area contributed by atoms with Crippen LogP contribution in [0.1, 0.15) is 28.0 Å². The van der Waals surface area contributed by atoms with Gasteiger partial charge in [-0.15, -0.1) is 0 Å². The van der Waals surface area contributed by atoms with E-state index in [1.165, 1.54) is 16.9 Å². The van der Waals surface area contributed by atoms with Gasteiger partial charge in [-0.25, -0.2) is 9.59 Å². The molecule has 1 fully saturated rings. The first-order valence-electron chi connectivity index (χ1n) is 12.4. The molecule has 2 aliphatic heterocycles. The van der Waals surface area contributed by atoms with Crippen molar-refractivity contribution in [1.82, 2.24) is 14.8 Å². The van der Waals surface area contributed by atoms with Gasteiger partial charge in [0.15, 0.2) is 0 Å². The third kappa shape index (κ3) is 6.74. The molecule has 1 amide bonds. The molecule has 8 heteroatoms. The maximum atomic E-state index is 12.8. The number of carbonyl (C=O) groups excluding carboxylic acids is 1. The highest BCUT2D eigenvalue weighted by molar-refractivity contribution is 5.98. The molecule has 192 valence electrons. The summed E-state index contributed by atoms with van der Waals surface area (Å²) in [6.07, 6.45) is 5.41. The number of amides is 1. The van der Waals surface area contributed by atoms with Gasteiger partial charge < -0.3 is 25.0 Å². The van der Waals surface area contributed by atoms with Crippen molar-refractivity contribution >= 4 is 17.8 Å². The molecule has 0 aliphatic carbocycles. The maximum Gasteiger partial charge on any atom is 0.328 e. The first kappa shape index (κ1) is 25.9. The van der Waals surface area contributed by atoms with Gasteiger partial charge in [-0.05, 0) is 73.7 Å². The summed E-state index contributed by atoms with van der Waals surface area (Å²) in [5, 5.41) is 19.2. The van der Waals surface area contributed by atoms with Crippen molar-refractivity contribution < 1.29 is 24.6 Å². The second-order valence-corrected chi connectivity index (χ2v) is 9.27. The predicted molar refractivity (Wildman–Crippen MR) is 140 cm³/mol. The fraction of sp³-hybridized carbons (Fsp3) is 0.276. The van der Waals surface area contributed by atoms with E-state index in [9.17, 15) is 14.4 Å². The number of rotatable bonds is 7. The highest BCUT2D eigenvalue weighted by Gasteiger charge is 2.33. The van der Waals surface area contributed by atoms with Gasteiger partial charge in [0.1, 0.15) is 0 Å². The van der Waals surface area contributed by atoms with E-state index < -0.39 is 11.9 Å². The van der Waals surface area contributed by atoms with E-state index in [0.717, 1.165) is 44.6 Å². The second kappa shape index (κ2) is 12.2. The zero-order valence-electron chi connectivity index (χ0n) is 20.5. The molecular weight excluding hydrogens is 470 g/mol. The number of hydrogen-bond acceptors (Lipinski definition) is 4. The number of fused-ring (bicyclic) bond motifs is 1. The molecule has 8 nitrogen and oxygen atoms in total. The molecule has 2 aliphatic rings. The number of nitrogens with zero attached hydrogens (tertiary/aromatic N) is 2. The Morgan fingerprint density at radius 2 is 1.62 bits per heavy atom. The number of aromatic nitrogens is 1. The van der Waals surface area contributed by atoms with E-state index >= 15 is 0 Å². The Kier molecular flexibility index (Phi) is 8.53. The summed E-state index contributed by atoms with van der Waals surface area (Å²) in [6, 6.07) is 22.9. The Labute approximate surface area is 215 Å². The van der Waals surface area contributed by atoms with Gasteiger partial charge in [-0.2, -0.15) is 0 Å². The number of hydrogen-bond donors (Lipinski definition) is 3. The number of benzene rings is 2. The molecule has 1 saturated heterocycles. The van der Waals surface area contributed by atoms with Crippen molar-refractivity contribution in [3.63, 3.8) is 0 Å². The smallest absolute Gasteiger partial charge is 0.328 e. The lowest BCUT2D eigenvalue weighted by Crippen LogP contribution is -2.43. The summed E-state index contributed by atoms with van der Waals surface area (Å²) >= 11 is 0. The van der Waals surface area contributed by atoms with Gasteiger partial charge >= 0.3 is 11.9 Å². The van der Waals surface area contributed by atoms with Crippen LogP contribution in [0.3, 0.4) is 0 Å². The molecule has 37 heavy (non-hydrogen) atoms. The Hall–Kier alpha value is -4.17. The van der Waals surface area contributed by atoms with Crippen LogP contribution in [-0.2, 0) is 22.6 Å². The average molecular weight is 502 g/mol. The molecule has 3 N–H and O–H groups in total. The van der Waals surface area contributed by atoms with Crippen molar-refractivity contribution in [3.05, 3.63) is 102 Å². The Bertz CT molecular complexity index is 1250. The van der Waals surface area contributed by atoms with E-state index in [1.54, 1.807) is 0 Å². The van der Waals surface area contributed by atoms with E-state index in [0.29, 0.717) is 24.0 Å². The van der Waals surface area contributed by atoms with Crippen LogP contribution >= 0.6 is 0 Å². The molecule has 0 saturated carbocycles. The van der Waals surface area contributed by atoms with E-state index in [1.807, 2.05) is 18.2 Å². The van der Waals surface area contributed by atoms with Crippen molar-refractivity contribution in [2.75, 3.05) is 19.6 Å². The molecule has 0 radical (unpaired) electrons. The highest BCUT2D eigenvalue weighted by Crippen LogP contribution is 2.29. The van der Waals surface area contributed by atoms with Crippen molar-refractivity contribution in [1.29, 1.82) is 0 Å².